The van der Waals surface area contributed by atoms with Crippen LogP contribution in [0.4, 0.5) is 8.78 Å². The third-order valence-corrected chi connectivity index (χ3v) is 5.18. The number of likely N-dealkylation sites (tertiary alicyclic amines) is 1. The van der Waals surface area contributed by atoms with E-state index in [4.69, 9.17) is 14.0 Å². The Morgan fingerprint density at radius 1 is 1.29 bits per heavy atom. The van der Waals surface area contributed by atoms with Gasteiger partial charge in [-0.25, -0.2) is 0 Å². The number of alkyl halides is 2. The number of hydrogen-bond donors (Lipinski definition) is 1. The van der Waals surface area contributed by atoms with Gasteiger partial charge in [-0.3, -0.25) is 9.35 Å². The maximum Gasteiger partial charge on any atom is 0.446 e. The fourth-order valence-electron chi connectivity index (χ4n) is 3.50. The zero-order valence-corrected chi connectivity index (χ0v) is 14.9. The van der Waals surface area contributed by atoms with Gasteiger partial charge in [0, 0.05) is 11.1 Å². The third kappa shape index (κ3) is 3.71. The molecule has 2 heterocycles. The molecule has 7 nitrogen and oxygen atoms in total. The average Bonchev–Trinajstić information content (AvgIpc) is 3.15. The minimum Gasteiger partial charge on any atom is -0.375 e. The molecular weight excluding hydrogens is 348 g/mol. The van der Waals surface area contributed by atoms with Gasteiger partial charge >= 0.3 is 21.3 Å². The van der Waals surface area contributed by atoms with Crippen molar-refractivity contribution in [1.29, 1.82) is 0 Å². The molecular formula is C14H23F2NO6S. The van der Waals surface area contributed by atoms with Gasteiger partial charge in [0.2, 0.25) is 0 Å². The van der Waals surface area contributed by atoms with Crippen LogP contribution in [0, 0.1) is 0 Å². The maximum absolute atomic E-state index is 13.9. The van der Waals surface area contributed by atoms with Crippen molar-refractivity contribution in [2.45, 2.75) is 69.1 Å². The van der Waals surface area contributed by atoms with E-state index < -0.39 is 32.4 Å². The summed E-state index contributed by atoms with van der Waals surface area (Å²) in [7, 11) is -5.85. The van der Waals surface area contributed by atoms with E-state index in [0.29, 0.717) is 13.2 Å². The molecule has 0 saturated carbocycles. The van der Waals surface area contributed by atoms with Gasteiger partial charge in [-0.05, 0) is 40.5 Å². The average molecular weight is 371 g/mol. The van der Waals surface area contributed by atoms with Crippen LogP contribution in [0.25, 0.3) is 0 Å². The lowest BCUT2D eigenvalue weighted by Crippen LogP contribution is -2.67. The summed E-state index contributed by atoms with van der Waals surface area (Å²) in [5.41, 5.74) is -2.16. The molecule has 10 heteroatoms. The van der Waals surface area contributed by atoms with Crippen LogP contribution in [0.3, 0.4) is 0 Å². The molecule has 2 saturated heterocycles. The lowest BCUT2D eigenvalue weighted by molar-refractivity contribution is -0.174. The van der Waals surface area contributed by atoms with Crippen LogP contribution in [-0.4, -0.2) is 65.5 Å². The third-order valence-electron chi connectivity index (χ3n) is 4.36. The first-order valence-corrected chi connectivity index (χ1v) is 9.05. The first-order valence-electron chi connectivity index (χ1n) is 7.61. The molecule has 2 aliphatic heterocycles. The number of ether oxygens (including phenoxy) is 2. The molecule has 0 aromatic carbocycles. The van der Waals surface area contributed by atoms with Gasteiger partial charge in [-0.2, -0.15) is 17.2 Å². The van der Waals surface area contributed by atoms with E-state index in [1.165, 1.54) is 0 Å². The van der Waals surface area contributed by atoms with Gasteiger partial charge < -0.3 is 14.4 Å². The second-order valence-corrected chi connectivity index (χ2v) is 9.04. The molecule has 2 aliphatic rings. The molecule has 0 radical (unpaired) electrons. The molecule has 2 fully saturated rings. The van der Waals surface area contributed by atoms with E-state index in [0.717, 1.165) is 4.90 Å². The van der Waals surface area contributed by atoms with Crippen molar-refractivity contribution >= 4 is 16.0 Å². The number of epoxide rings is 1. The molecule has 0 bridgehead atoms. The van der Waals surface area contributed by atoms with Crippen molar-refractivity contribution < 1.29 is 36.0 Å². The summed E-state index contributed by atoms with van der Waals surface area (Å²) in [4.78, 5) is 13.1. The summed E-state index contributed by atoms with van der Waals surface area (Å²) >= 11 is 0. The predicted molar refractivity (Wildman–Crippen MR) is 80.2 cm³/mol. The number of piperidine rings is 1. The minimum absolute atomic E-state index is 0.0553. The largest absolute Gasteiger partial charge is 0.446 e. The monoisotopic (exact) mass is 371 g/mol. The van der Waals surface area contributed by atoms with E-state index in [9.17, 15) is 22.0 Å². The highest BCUT2D eigenvalue weighted by Gasteiger charge is 2.60. The zero-order chi connectivity index (χ0) is 18.6. The van der Waals surface area contributed by atoms with E-state index in [1.54, 1.807) is 27.7 Å². The summed E-state index contributed by atoms with van der Waals surface area (Å²) in [6.45, 7) is 7.29. The van der Waals surface area contributed by atoms with Crippen molar-refractivity contribution in [2.24, 2.45) is 0 Å². The normalized spacial score (nSPS) is 27.1. The highest BCUT2D eigenvalue weighted by Crippen LogP contribution is 2.42. The van der Waals surface area contributed by atoms with Crippen LogP contribution >= 0.6 is 0 Å². The summed E-state index contributed by atoms with van der Waals surface area (Å²) in [5.74, 6) is -1.93. The maximum atomic E-state index is 13.9. The van der Waals surface area contributed by atoms with Gasteiger partial charge in [0.05, 0.1) is 19.3 Å². The Balaban J connectivity index is 2.24. The zero-order valence-electron chi connectivity index (χ0n) is 14.1. The number of halogens is 2. The fraction of sp³-hybridized carbons (Fsp3) is 0.929. The van der Waals surface area contributed by atoms with Crippen molar-refractivity contribution in [3.8, 4) is 0 Å². The van der Waals surface area contributed by atoms with Crippen molar-refractivity contribution in [3.63, 3.8) is 0 Å². The van der Waals surface area contributed by atoms with Crippen LogP contribution in [-0.2, 0) is 24.4 Å². The standard InChI is InChI=1S/C14H23F2NO6S/c1-12(2)5-9(22-7-10-8-23-10)6-13(3,4)17(12)11(18)14(15,16)24(19,20)21/h9-10H,5-8H2,1-4H3,(H,19,20,21). The molecule has 140 valence electrons. The Morgan fingerprint density at radius 2 is 1.75 bits per heavy atom. The number of hydrogen-bond acceptors (Lipinski definition) is 5. The number of carbonyl (C=O) groups is 1. The highest BCUT2D eigenvalue weighted by atomic mass is 32.2. The van der Waals surface area contributed by atoms with Crippen LogP contribution in [0.1, 0.15) is 40.5 Å². The molecule has 2 rings (SSSR count). The molecule has 1 unspecified atom stereocenters. The van der Waals surface area contributed by atoms with Crippen molar-refractivity contribution in [1.82, 2.24) is 4.90 Å². The first-order chi connectivity index (χ1) is 10.7. The van der Waals surface area contributed by atoms with Crippen LogP contribution in [0.5, 0.6) is 0 Å². The Kier molecular flexibility index (Phi) is 4.75. The topological polar surface area (TPSA) is 96.4 Å². The van der Waals surface area contributed by atoms with E-state index >= 15 is 0 Å². The second-order valence-electron chi connectivity index (χ2n) is 7.58. The van der Waals surface area contributed by atoms with Gasteiger partial charge in [-0.15, -0.1) is 0 Å². The van der Waals surface area contributed by atoms with E-state index in [2.05, 4.69) is 0 Å². The molecule has 1 atom stereocenters. The highest BCUT2D eigenvalue weighted by molar-refractivity contribution is 7.87. The number of amides is 1. The number of carbonyl (C=O) groups excluding carboxylic acids is 1. The molecule has 0 aromatic rings. The SMILES string of the molecule is CC1(C)CC(OCC2CO2)CC(C)(C)N1C(=O)C(F)(F)S(=O)(=O)O. The Hall–Kier alpha value is -0.840. The van der Waals surface area contributed by atoms with Gasteiger partial charge in [0.15, 0.2) is 0 Å². The second kappa shape index (κ2) is 5.86. The van der Waals surface area contributed by atoms with Crippen molar-refractivity contribution in [3.05, 3.63) is 0 Å². The Labute approximate surface area is 140 Å². The summed E-state index contributed by atoms with van der Waals surface area (Å²) in [6, 6.07) is 0. The quantitative estimate of drug-likeness (QED) is 0.580. The molecule has 1 amide bonds. The van der Waals surface area contributed by atoms with Crippen LogP contribution in [0.2, 0.25) is 0 Å². The lowest BCUT2D eigenvalue weighted by Gasteiger charge is -2.55. The minimum atomic E-state index is -5.85. The molecule has 1 N–H and O–H groups in total. The first kappa shape index (κ1) is 19.5. The van der Waals surface area contributed by atoms with E-state index in [1.807, 2.05) is 0 Å². The van der Waals surface area contributed by atoms with Crippen LogP contribution < -0.4 is 0 Å². The lowest BCUT2D eigenvalue weighted by atomic mass is 9.78. The van der Waals surface area contributed by atoms with Crippen LogP contribution in [0.15, 0.2) is 0 Å². The molecule has 0 spiro atoms. The molecule has 0 aromatic heterocycles. The molecule has 24 heavy (non-hydrogen) atoms. The van der Waals surface area contributed by atoms with Gasteiger partial charge in [0.25, 0.3) is 0 Å². The number of rotatable bonds is 5. The van der Waals surface area contributed by atoms with E-state index in [-0.39, 0.29) is 25.0 Å². The van der Waals surface area contributed by atoms with Gasteiger partial charge in [0.1, 0.15) is 6.10 Å². The summed E-state index contributed by atoms with van der Waals surface area (Å²) in [5, 5.41) is -4.89. The Morgan fingerprint density at radius 3 is 2.12 bits per heavy atom. The van der Waals surface area contributed by atoms with Gasteiger partial charge in [-0.1, -0.05) is 0 Å². The fourth-order valence-corrected chi connectivity index (χ4v) is 3.82. The Bertz CT molecular complexity index is 597. The number of nitrogens with zero attached hydrogens (tertiary/aromatic N) is 1. The summed E-state index contributed by atoms with van der Waals surface area (Å²) in [6.07, 6.45) is 0.301. The van der Waals surface area contributed by atoms with Crippen molar-refractivity contribution in [2.75, 3.05) is 13.2 Å². The smallest absolute Gasteiger partial charge is 0.375 e. The predicted octanol–water partition coefficient (Wildman–Crippen LogP) is 1.43. The summed E-state index contributed by atoms with van der Waals surface area (Å²) < 4.78 is 69.1. The molecule has 0 aliphatic carbocycles.